The van der Waals surface area contributed by atoms with Crippen molar-refractivity contribution >= 4 is 17.5 Å². The van der Waals surface area contributed by atoms with Crippen LogP contribution in [-0.4, -0.2) is 59.5 Å². The summed E-state index contributed by atoms with van der Waals surface area (Å²) in [4.78, 5) is 6.84. The van der Waals surface area contributed by atoms with E-state index in [0.717, 1.165) is 45.1 Å². The number of nitrogens with one attached hydrogen (secondary N) is 2. The number of ether oxygens (including phenoxy) is 1. The van der Waals surface area contributed by atoms with Crippen LogP contribution in [0.3, 0.4) is 0 Å². The second-order valence-electron chi connectivity index (χ2n) is 5.99. The molecule has 2 heterocycles. The normalized spacial score (nSPS) is 15.2. The highest BCUT2D eigenvalue weighted by molar-refractivity contribution is 5.60. The van der Waals surface area contributed by atoms with Gasteiger partial charge in [0.2, 0.25) is 5.95 Å². The molecule has 0 saturated carbocycles. The molecule has 0 amide bonds. The van der Waals surface area contributed by atoms with Crippen molar-refractivity contribution in [3.05, 3.63) is 35.5 Å². The van der Waals surface area contributed by atoms with Crippen LogP contribution >= 0.6 is 0 Å². The van der Waals surface area contributed by atoms with Gasteiger partial charge in [0.1, 0.15) is 0 Å². The van der Waals surface area contributed by atoms with Crippen molar-refractivity contribution in [3.63, 3.8) is 0 Å². The summed E-state index contributed by atoms with van der Waals surface area (Å²) in [5, 5.41) is 14.6. The standard InChI is InChI=1S/C17H24N6O/c1-13-3-4-15(14(2)11-13)20-16-12-19-22-17(21-16)18-5-6-23-7-9-24-10-8-23/h3-4,11-12H,5-10H2,1-2H3,(H2,18,20,21,22). The highest BCUT2D eigenvalue weighted by atomic mass is 16.5. The van der Waals surface area contributed by atoms with Gasteiger partial charge in [-0.15, -0.1) is 5.10 Å². The molecule has 1 aliphatic heterocycles. The molecule has 24 heavy (non-hydrogen) atoms. The lowest BCUT2D eigenvalue weighted by Crippen LogP contribution is -2.39. The Morgan fingerprint density at radius 1 is 1.21 bits per heavy atom. The molecule has 0 bridgehead atoms. The zero-order chi connectivity index (χ0) is 16.8. The fraction of sp³-hybridized carbons (Fsp3) is 0.471. The molecule has 2 N–H and O–H groups in total. The molecule has 7 nitrogen and oxygen atoms in total. The number of aryl methyl sites for hydroxylation is 2. The van der Waals surface area contributed by atoms with Gasteiger partial charge in [0, 0.05) is 31.9 Å². The molecule has 1 aromatic heterocycles. The van der Waals surface area contributed by atoms with E-state index in [4.69, 9.17) is 4.74 Å². The Labute approximate surface area is 142 Å². The van der Waals surface area contributed by atoms with Crippen LogP contribution in [0.4, 0.5) is 17.5 Å². The molecule has 1 aromatic carbocycles. The van der Waals surface area contributed by atoms with Crippen molar-refractivity contribution < 1.29 is 4.74 Å². The summed E-state index contributed by atoms with van der Waals surface area (Å²) in [5.41, 5.74) is 3.44. The van der Waals surface area contributed by atoms with E-state index in [-0.39, 0.29) is 0 Å². The lowest BCUT2D eigenvalue weighted by molar-refractivity contribution is 0.0398. The highest BCUT2D eigenvalue weighted by Gasteiger charge is 2.10. The Hall–Kier alpha value is -2.25. The third-order valence-electron chi connectivity index (χ3n) is 4.02. The van der Waals surface area contributed by atoms with Gasteiger partial charge in [-0.25, -0.2) is 0 Å². The maximum atomic E-state index is 5.35. The zero-order valence-electron chi connectivity index (χ0n) is 14.2. The van der Waals surface area contributed by atoms with Crippen LogP contribution < -0.4 is 10.6 Å². The van der Waals surface area contributed by atoms with E-state index in [1.165, 1.54) is 11.1 Å². The van der Waals surface area contributed by atoms with Gasteiger partial charge in [-0.2, -0.15) is 10.1 Å². The summed E-state index contributed by atoms with van der Waals surface area (Å²) < 4.78 is 5.35. The Bertz CT molecular complexity index is 672. The summed E-state index contributed by atoms with van der Waals surface area (Å²) in [7, 11) is 0. The lowest BCUT2D eigenvalue weighted by Gasteiger charge is -2.26. The van der Waals surface area contributed by atoms with Crippen LogP contribution in [-0.2, 0) is 4.74 Å². The monoisotopic (exact) mass is 328 g/mol. The first-order valence-corrected chi connectivity index (χ1v) is 8.29. The summed E-state index contributed by atoms with van der Waals surface area (Å²) in [6.07, 6.45) is 1.63. The quantitative estimate of drug-likeness (QED) is 0.839. The second-order valence-corrected chi connectivity index (χ2v) is 5.99. The van der Waals surface area contributed by atoms with Crippen LogP contribution in [0.5, 0.6) is 0 Å². The van der Waals surface area contributed by atoms with Crippen molar-refractivity contribution in [2.24, 2.45) is 0 Å². The SMILES string of the molecule is Cc1ccc(Nc2cnnc(NCCN3CCOCC3)n2)c(C)c1. The molecule has 0 unspecified atom stereocenters. The fourth-order valence-electron chi connectivity index (χ4n) is 2.68. The molecule has 128 valence electrons. The number of hydrogen-bond donors (Lipinski definition) is 2. The fourth-order valence-corrected chi connectivity index (χ4v) is 2.68. The Kier molecular flexibility index (Phi) is 5.55. The number of anilines is 3. The average Bonchev–Trinajstić information content (AvgIpc) is 2.59. The molecule has 2 aromatic rings. The molecule has 0 spiro atoms. The Morgan fingerprint density at radius 3 is 2.83 bits per heavy atom. The first-order chi connectivity index (χ1) is 11.7. The molecule has 3 rings (SSSR count). The molecule has 7 heteroatoms. The second kappa shape index (κ2) is 8.03. The summed E-state index contributed by atoms with van der Waals surface area (Å²) in [5.74, 6) is 1.23. The summed E-state index contributed by atoms with van der Waals surface area (Å²) in [6, 6.07) is 6.27. The van der Waals surface area contributed by atoms with E-state index in [9.17, 15) is 0 Å². The van der Waals surface area contributed by atoms with Crippen LogP contribution in [0.1, 0.15) is 11.1 Å². The van der Waals surface area contributed by atoms with Crippen molar-refractivity contribution in [2.45, 2.75) is 13.8 Å². The van der Waals surface area contributed by atoms with Gasteiger partial charge in [0.15, 0.2) is 5.82 Å². The van der Waals surface area contributed by atoms with E-state index in [1.807, 2.05) is 0 Å². The topological polar surface area (TPSA) is 75.2 Å². The van der Waals surface area contributed by atoms with E-state index in [1.54, 1.807) is 6.20 Å². The van der Waals surface area contributed by atoms with Gasteiger partial charge in [-0.05, 0) is 25.5 Å². The zero-order valence-corrected chi connectivity index (χ0v) is 14.2. The number of aromatic nitrogens is 3. The van der Waals surface area contributed by atoms with Crippen molar-refractivity contribution in [3.8, 4) is 0 Å². The molecule has 1 aliphatic rings. The lowest BCUT2D eigenvalue weighted by atomic mass is 10.1. The van der Waals surface area contributed by atoms with Gasteiger partial charge in [0.05, 0.1) is 19.4 Å². The van der Waals surface area contributed by atoms with Crippen LogP contribution in [0.25, 0.3) is 0 Å². The summed E-state index contributed by atoms with van der Waals surface area (Å²) >= 11 is 0. The molecular weight excluding hydrogens is 304 g/mol. The number of morpholine rings is 1. The van der Waals surface area contributed by atoms with Crippen molar-refractivity contribution in [1.29, 1.82) is 0 Å². The molecule has 1 saturated heterocycles. The largest absolute Gasteiger partial charge is 0.379 e. The van der Waals surface area contributed by atoms with Gasteiger partial charge in [0.25, 0.3) is 0 Å². The maximum absolute atomic E-state index is 5.35. The molecule has 0 atom stereocenters. The van der Waals surface area contributed by atoms with E-state index >= 15 is 0 Å². The Balaban J connectivity index is 1.55. The molecule has 0 aliphatic carbocycles. The predicted molar refractivity (Wildman–Crippen MR) is 94.8 cm³/mol. The van der Waals surface area contributed by atoms with Crippen LogP contribution in [0, 0.1) is 13.8 Å². The van der Waals surface area contributed by atoms with E-state index < -0.39 is 0 Å². The minimum Gasteiger partial charge on any atom is -0.379 e. The van der Waals surface area contributed by atoms with Gasteiger partial charge >= 0.3 is 0 Å². The number of benzene rings is 1. The van der Waals surface area contributed by atoms with Crippen molar-refractivity contribution in [1.82, 2.24) is 20.1 Å². The van der Waals surface area contributed by atoms with Gasteiger partial charge in [-0.1, -0.05) is 17.7 Å². The van der Waals surface area contributed by atoms with Gasteiger partial charge in [-0.3, -0.25) is 4.90 Å². The first kappa shape index (κ1) is 16.6. The third-order valence-corrected chi connectivity index (χ3v) is 4.02. The van der Waals surface area contributed by atoms with E-state index in [0.29, 0.717) is 11.8 Å². The molecule has 1 fully saturated rings. The van der Waals surface area contributed by atoms with Crippen LogP contribution in [0.15, 0.2) is 24.4 Å². The smallest absolute Gasteiger partial charge is 0.244 e. The van der Waals surface area contributed by atoms with E-state index in [2.05, 4.69) is 62.8 Å². The van der Waals surface area contributed by atoms with Crippen molar-refractivity contribution in [2.75, 3.05) is 50.0 Å². The number of hydrogen-bond acceptors (Lipinski definition) is 7. The third kappa shape index (κ3) is 4.62. The first-order valence-electron chi connectivity index (χ1n) is 8.29. The molecule has 0 radical (unpaired) electrons. The minimum absolute atomic E-state index is 0.540. The summed E-state index contributed by atoms with van der Waals surface area (Å²) in [6.45, 7) is 9.48. The number of nitrogens with zero attached hydrogens (tertiary/aromatic N) is 4. The minimum atomic E-state index is 0.540. The average molecular weight is 328 g/mol. The van der Waals surface area contributed by atoms with Gasteiger partial charge < -0.3 is 15.4 Å². The van der Waals surface area contributed by atoms with Crippen LogP contribution in [0.2, 0.25) is 0 Å². The number of rotatable bonds is 6. The Morgan fingerprint density at radius 2 is 2.04 bits per heavy atom. The predicted octanol–water partition coefficient (Wildman–Crippen LogP) is 1.98. The highest BCUT2D eigenvalue weighted by Crippen LogP contribution is 2.20. The maximum Gasteiger partial charge on any atom is 0.244 e. The molecular formula is C17H24N6O.